The molecule has 0 saturated carbocycles. The van der Waals surface area contributed by atoms with Crippen molar-refractivity contribution in [3.63, 3.8) is 0 Å². The molecule has 1 rings (SSSR count). The third-order valence-electron chi connectivity index (χ3n) is 2.74. The highest BCUT2D eigenvalue weighted by Gasteiger charge is 2.12. The average Bonchev–Trinajstić information content (AvgIpc) is 2.22. The molecule has 1 aromatic heterocycles. The molecule has 0 aliphatic rings. The molecule has 4 heteroatoms. The first-order valence-corrected chi connectivity index (χ1v) is 6.37. The van der Waals surface area contributed by atoms with Crippen LogP contribution in [0.2, 0.25) is 0 Å². The molecule has 0 fully saturated rings. The Labute approximate surface area is 109 Å². The monoisotopic (exact) mass is 249 g/mol. The quantitative estimate of drug-likeness (QED) is 0.462. The first-order chi connectivity index (χ1) is 8.41. The largest absolute Gasteiger partial charge is 0.493 e. The zero-order valence-corrected chi connectivity index (χ0v) is 11.7. The number of rotatable bonds is 6. The van der Waals surface area contributed by atoms with E-state index in [1.54, 1.807) is 0 Å². The average molecular weight is 249 g/mol. The van der Waals surface area contributed by atoms with Crippen molar-refractivity contribution in [1.82, 2.24) is 4.98 Å². The van der Waals surface area contributed by atoms with Crippen LogP contribution in [0.4, 0.5) is 0 Å². The molecule has 0 unspecified atom stereocenters. The van der Waals surface area contributed by atoms with Gasteiger partial charge in [-0.3, -0.25) is 10.4 Å². The van der Waals surface area contributed by atoms with Crippen molar-refractivity contribution in [3.8, 4) is 5.75 Å². The summed E-state index contributed by atoms with van der Waals surface area (Å²) in [5.41, 5.74) is 7.83. The predicted octanol–water partition coefficient (Wildman–Crippen LogP) is 2.80. The molecule has 0 radical (unpaired) electrons. The normalized spacial score (nSPS) is 10.7. The van der Waals surface area contributed by atoms with E-state index in [1.165, 1.54) is 0 Å². The van der Waals surface area contributed by atoms with Gasteiger partial charge in [0.15, 0.2) is 0 Å². The maximum Gasteiger partial charge on any atom is 0.133 e. The Morgan fingerprint density at radius 2 is 2.11 bits per heavy atom. The van der Waals surface area contributed by atoms with Gasteiger partial charge in [0.25, 0.3) is 0 Å². The molecule has 1 aromatic rings. The molecule has 0 bridgehead atoms. The standard InChI is InChI=1S/C14H23N3O/c1-9(2)6-5-7-18-12-8-10(3)17-11(4)13(12)14(15)16/h8-9H,5-7H2,1-4H3,(H3,15,16). The van der Waals surface area contributed by atoms with Crippen LogP contribution in [-0.2, 0) is 0 Å². The van der Waals surface area contributed by atoms with Crippen LogP contribution in [0.1, 0.15) is 43.6 Å². The fourth-order valence-corrected chi connectivity index (χ4v) is 1.91. The van der Waals surface area contributed by atoms with Crippen molar-refractivity contribution in [2.45, 2.75) is 40.5 Å². The number of pyridine rings is 1. The van der Waals surface area contributed by atoms with Gasteiger partial charge in [-0.25, -0.2) is 0 Å². The first-order valence-electron chi connectivity index (χ1n) is 6.37. The van der Waals surface area contributed by atoms with E-state index >= 15 is 0 Å². The van der Waals surface area contributed by atoms with Crippen molar-refractivity contribution in [3.05, 3.63) is 23.0 Å². The van der Waals surface area contributed by atoms with Crippen LogP contribution in [0.5, 0.6) is 5.75 Å². The van der Waals surface area contributed by atoms with E-state index in [9.17, 15) is 0 Å². The molecule has 18 heavy (non-hydrogen) atoms. The topological polar surface area (TPSA) is 72.0 Å². The Balaban J connectivity index is 2.77. The molecule has 3 N–H and O–H groups in total. The second-order valence-corrected chi connectivity index (χ2v) is 5.02. The van der Waals surface area contributed by atoms with E-state index in [0.717, 1.165) is 24.2 Å². The number of nitrogen functional groups attached to an aromatic ring is 1. The summed E-state index contributed by atoms with van der Waals surface area (Å²) in [7, 11) is 0. The first kappa shape index (κ1) is 14.5. The van der Waals surface area contributed by atoms with Gasteiger partial charge in [0.2, 0.25) is 0 Å². The predicted molar refractivity (Wildman–Crippen MR) is 74.3 cm³/mol. The Morgan fingerprint density at radius 1 is 1.44 bits per heavy atom. The number of nitrogens with one attached hydrogen (secondary N) is 1. The summed E-state index contributed by atoms with van der Waals surface area (Å²) in [6.45, 7) is 8.81. The minimum absolute atomic E-state index is 0.0128. The van der Waals surface area contributed by atoms with E-state index in [2.05, 4.69) is 18.8 Å². The van der Waals surface area contributed by atoms with Gasteiger partial charge in [0.1, 0.15) is 11.6 Å². The van der Waals surface area contributed by atoms with Gasteiger partial charge in [-0.15, -0.1) is 0 Å². The smallest absolute Gasteiger partial charge is 0.133 e. The molecule has 4 nitrogen and oxygen atoms in total. The summed E-state index contributed by atoms with van der Waals surface area (Å²) in [6.07, 6.45) is 2.15. The van der Waals surface area contributed by atoms with E-state index in [4.69, 9.17) is 15.9 Å². The fourth-order valence-electron chi connectivity index (χ4n) is 1.91. The summed E-state index contributed by atoms with van der Waals surface area (Å²) < 4.78 is 5.75. The van der Waals surface area contributed by atoms with Crippen molar-refractivity contribution >= 4 is 5.84 Å². The molecule has 0 aliphatic heterocycles. The second-order valence-electron chi connectivity index (χ2n) is 5.02. The molecular formula is C14H23N3O. The van der Waals surface area contributed by atoms with Crippen LogP contribution in [0.3, 0.4) is 0 Å². The van der Waals surface area contributed by atoms with Crippen molar-refractivity contribution in [1.29, 1.82) is 5.41 Å². The lowest BCUT2D eigenvalue weighted by Crippen LogP contribution is -2.16. The van der Waals surface area contributed by atoms with Gasteiger partial charge in [0, 0.05) is 11.8 Å². The zero-order chi connectivity index (χ0) is 13.7. The number of aromatic nitrogens is 1. The third-order valence-corrected chi connectivity index (χ3v) is 2.74. The van der Waals surface area contributed by atoms with E-state index in [1.807, 2.05) is 19.9 Å². The molecule has 0 aliphatic carbocycles. The zero-order valence-electron chi connectivity index (χ0n) is 11.7. The summed E-state index contributed by atoms with van der Waals surface area (Å²) in [4.78, 5) is 4.31. The molecule has 1 heterocycles. The van der Waals surface area contributed by atoms with Crippen molar-refractivity contribution in [2.75, 3.05) is 6.61 Å². The maximum atomic E-state index is 7.59. The number of ether oxygens (including phenoxy) is 1. The number of nitrogens with zero attached hydrogens (tertiary/aromatic N) is 1. The molecule has 0 spiro atoms. The third kappa shape index (κ3) is 4.02. The van der Waals surface area contributed by atoms with E-state index < -0.39 is 0 Å². The lowest BCUT2D eigenvalue weighted by Gasteiger charge is -2.14. The van der Waals surface area contributed by atoms with E-state index in [0.29, 0.717) is 23.8 Å². The van der Waals surface area contributed by atoms with Crippen LogP contribution < -0.4 is 10.5 Å². The minimum Gasteiger partial charge on any atom is -0.493 e. The Morgan fingerprint density at radius 3 is 2.67 bits per heavy atom. The molecule has 100 valence electrons. The van der Waals surface area contributed by atoms with Gasteiger partial charge >= 0.3 is 0 Å². The lowest BCUT2D eigenvalue weighted by molar-refractivity contribution is 0.296. The molecule has 0 saturated heterocycles. The summed E-state index contributed by atoms with van der Waals surface area (Å²) >= 11 is 0. The molecule has 0 atom stereocenters. The SMILES string of the molecule is Cc1cc(OCCCC(C)C)c(C(=N)N)c(C)n1. The number of nitrogens with two attached hydrogens (primary N) is 1. The lowest BCUT2D eigenvalue weighted by atomic mass is 10.1. The highest BCUT2D eigenvalue weighted by atomic mass is 16.5. The number of aryl methyl sites for hydroxylation is 2. The Hall–Kier alpha value is -1.58. The molecular weight excluding hydrogens is 226 g/mol. The number of hydrogen-bond donors (Lipinski definition) is 2. The summed E-state index contributed by atoms with van der Waals surface area (Å²) in [6, 6.07) is 1.85. The summed E-state index contributed by atoms with van der Waals surface area (Å²) in [5.74, 6) is 1.37. The Kier molecular flexibility index (Phi) is 5.13. The van der Waals surface area contributed by atoms with Crippen LogP contribution in [0.15, 0.2) is 6.07 Å². The number of hydrogen-bond acceptors (Lipinski definition) is 3. The van der Waals surface area contributed by atoms with Gasteiger partial charge in [-0.1, -0.05) is 13.8 Å². The molecule has 0 amide bonds. The van der Waals surface area contributed by atoms with Crippen LogP contribution in [0.25, 0.3) is 0 Å². The second kappa shape index (κ2) is 6.38. The van der Waals surface area contributed by atoms with Crippen molar-refractivity contribution < 1.29 is 4.74 Å². The van der Waals surface area contributed by atoms with Crippen LogP contribution in [-0.4, -0.2) is 17.4 Å². The van der Waals surface area contributed by atoms with Gasteiger partial charge in [-0.05, 0) is 32.6 Å². The Bertz CT molecular complexity index is 427. The van der Waals surface area contributed by atoms with Crippen LogP contribution in [0, 0.1) is 25.2 Å². The minimum atomic E-state index is 0.0128. The molecule has 0 aromatic carbocycles. The number of amidine groups is 1. The highest BCUT2D eigenvalue weighted by Crippen LogP contribution is 2.22. The van der Waals surface area contributed by atoms with Crippen LogP contribution >= 0.6 is 0 Å². The maximum absolute atomic E-state index is 7.59. The van der Waals surface area contributed by atoms with Crippen molar-refractivity contribution in [2.24, 2.45) is 11.7 Å². The van der Waals surface area contributed by atoms with Gasteiger partial charge < -0.3 is 10.5 Å². The van der Waals surface area contributed by atoms with Gasteiger partial charge in [0.05, 0.1) is 17.9 Å². The van der Waals surface area contributed by atoms with Gasteiger partial charge in [-0.2, -0.15) is 0 Å². The fraction of sp³-hybridized carbons (Fsp3) is 0.571. The van der Waals surface area contributed by atoms with E-state index in [-0.39, 0.29) is 5.84 Å². The highest BCUT2D eigenvalue weighted by molar-refractivity contribution is 5.98. The summed E-state index contributed by atoms with van der Waals surface area (Å²) in [5, 5.41) is 7.59.